The Morgan fingerprint density at radius 1 is 0.812 bits per heavy atom. The van der Waals surface area contributed by atoms with Gasteiger partial charge in [-0.3, -0.25) is 14.4 Å². The maximum atomic E-state index is 13.9. The first-order valence-electron chi connectivity index (χ1n) is 16.0. The molecule has 2 aliphatic rings. The molecule has 3 aromatic rings. The number of carbonyl (C=O) groups excluding carboxylic acids is 5. The molecule has 14 heteroatoms. The Hall–Kier alpha value is -5.14. The van der Waals surface area contributed by atoms with Gasteiger partial charge in [-0.25, -0.2) is 14.0 Å². The van der Waals surface area contributed by atoms with Gasteiger partial charge in [0, 0.05) is 50.7 Å². The molecule has 0 N–H and O–H groups in total. The molecule has 0 aliphatic carbocycles. The van der Waals surface area contributed by atoms with Gasteiger partial charge in [-0.05, 0) is 62.8 Å². The van der Waals surface area contributed by atoms with Crippen molar-refractivity contribution in [2.24, 2.45) is 5.92 Å². The molecule has 2 aliphatic heterocycles. The SMILES string of the molecule is CCOC(=O)On1cc(C(=O)C(=O)N2CCN(C(=O)OCC)CC2)c2cc(C(=O)N3CCC(Cc4ccc(F)cc4)CC3)c(OC)cc21. The highest BCUT2D eigenvalue weighted by atomic mass is 19.1. The number of aromatic nitrogens is 1. The Morgan fingerprint density at radius 3 is 2.08 bits per heavy atom. The van der Waals surface area contributed by atoms with Crippen LogP contribution in [0.15, 0.2) is 42.6 Å². The molecule has 2 saturated heterocycles. The Labute approximate surface area is 277 Å². The summed E-state index contributed by atoms with van der Waals surface area (Å²) in [6, 6.07) is 9.39. The number of carbonyl (C=O) groups is 5. The molecule has 1 aromatic heterocycles. The van der Waals surface area contributed by atoms with Crippen molar-refractivity contribution in [3.05, 3.63) is 65.1 Å². The van der Waals surface area contributed by atoms with E-state index in [0.717, 1.165) is 29.6 Å². The number of piperidine rings is 1. The van der Waals surface area contributed by atoms with E-state index >= 15 is 0 Å². The van der Waals surface area contributed by atoms with Crippen molar-refractivity contribution in [2.45, 2.75) is 33.1 Å². The van der Waals surface area contributed by atoms with Gasteiger partial charge >= 0.3 is 12.2 Å². The van der Waals surface area contributed by atoms with Crippen molar-refractivity contribution in [3.8, 4) is 5.75 Å². The molecule has 3 amide bonds. The second-order valence-corrected chi connectivity index (χ2v) is 11.6. The first kappa shape index (κ1) is 34.2. The Balaban J connectivity index is 1.39. The van der Waals surface area contributed by atoms with Crippen molar-refractivity contribution in [3.63, 3.8) is 0 Å². The second-order valence-electron chi connectivity index (χ2n) is 11.6. The molecule has 3 heterocycles. The van der Waals surface area contributed by atoms with Crippen LogP contribution in [0.4, 0.5) is 14.0 Å². The fraction of sp³-hybridized carbons (Fsp3) is 0.441. The smallest absolute Gasteiger partial charge is 0.496 e. The predicted molar refractivity (Wildman–Crippen MR) is 170 cm³/mol. The van der Waals surface area contributed by atoms with Gasteiger partial charge in [0.05, 0.1) is 43.2 Å². The van der Waals surface area contributed by atoms with Crippen molar-refractivity contribution < 1.29 is 47.4 Å². The summed E-state index contributed by atoms with van der Waals surface area (Å²) in [5.41, 5.74) is 1.34. The minimum atomic E-state index is -1.03. The summed E-state index contributed by atoms with van der Waals surface area (Å²) >= 11 is 0. The number of ketones is 1. The van der Waals surface area contributed by atoms with Crippen molar-refractivity contribution >= 4 is 40.7 Å². The van der Waals surface area contributed by atoms with Crippen molar-refractivity contribution in [2.75, 3.05) is 59.6 Å². The number of methoxy groups -OCH3 is 1. The summed E-state index contributed by atoms with van der Waals surface area (Å²) in [6.07, 6.45) is 1.97. The molecule has 256 valence electrons. The maximum absolute atomic E-state index is 13.9. The molecule has 0 saturated carbocycles. The molecule has 0 atom stereocenters. The number of hydrogen-bond donors (Lipinski definition) is 0. The van der Waals surface area contributed by atoms with E-state index in [1.165, 1.54) is 47.4 Å². The molecule has 0 unspecified atom stereocenters. The lowest BCUT2D eigenvalue weighted by atomic mass is 9.90. The van der Waals surface area contributed by atoms with Crippen LogP contribution in [0.5, 0.6) is 5.75 Å². The molecule has 2 aromatic carbocycles. The van der Waals surface area contributed by atoms with E-state index in [1.54, 1.807) is 30.9 Å². The normalized spacial score (nSPS) is 15.3. The molecular weight excluding hydrogens is 627 g/mol. The minimum Gasteiger partial charge on any atom is -0.496 e. The van der Waals surface area contributed by atoms with Crippen LogP contribution in [0.1, 0.15) is 53.0 Å². The van der Waals surface area contributed by atoms with Crippen molar-refractivity contribution in [1.29, 1.82) is 0 Å². The highest BCUT2D eigenvalue weighted by Gasteiger charge is 2.33. The lowest BCUT2D eigenvalue weighted by Crippen LogP contribution is -2.52. The number of hydrogen-bond acceptors (Lipinski definition) is 9. The summed E-state index contributed by atoms with van der Waals surface area (Å²) in [5.74, 6) is -1.76. The summed E-state index contributed by atoms with van der Waals surface area (Å²) in [6.45, 7) is 5.18. The average molecular weight is 667 g/mol. The van der Waals surface area contributed by atoms with E-state index in [4.69, 9.17) is 19.0 Å². The zero-order valence-corrected chi connectivity index (χ0v) is 27.2. The van der Waals surface area contributed by atoms with Crippen LogP contribution in [-0.2, 0) is 20.7 Å². The number of halogens is 1. The molecule has 48 heavy (non-hydrogen) atoms. The first-order valence-corrected chi connectivity index (χ1v) is 16.0. The van der Waals surface area contributed by atoms with Gasteiger partial charge in [0.2, 0.25) is 0 Å². The Bertz CT molecular complexity index is 1670. The van der Waals surface area contributed by atoms with Crippen molar-refractivity contribution in [1.82, 2.24) is 19.4 Å². The highest BCUT2D eigenvalue weighted by Crippen LogP contribution is 2.32. The average Bonchev–Trinajstić information content (AvgIpc) is 3.44. The molecular formula is C34H39FN4O9. The van der Waals surface area contributed by atoms with Gasteiger partial charge in [0.15, 0.2) is 0 Å². The molecule has 0 spiro atoms. The fourth-order valence-electron chi connectivity index (χ4n) is 6.07. The third kappa shape index (κ3) is 7.53. The third-order valence-electron chi connectivity index (χ3n) is 8.63. The van der Waals surface area contributed by atoms with Crippen LogP contribution in [0.25, 0.3) is 10.9 Å². The number of Topliss-reactive ketones (excluding diaryl/α,β-unsaturated/α-hetero) is 1. The van der Waals surface area contributed by atoms with E-state index in [0.29, 0.717) is 19.0 Å². The molecule has 2 fully saturated rings. The number of ether oxygens (including phenoxy) is 3. The minimum absolute atomic E-state index is 0.0443. The van der Waals surface area contributed by atoms with Crippen LogP contribution in [0.2, 0.25) is 0 Å². The van der Waals surface area contributed by atoms with E-state index in [1.807, 2.05) is 0 Å². The molecule has 13 nitrogen and oxygen atoms in total. The van der Waals surface area contributed by atoms with Gasteiger partial charge in [0.1, 0.15) is 11.6 Å². The summed E-state index contributed by atoms with van der Waals surface area (Å²) in [7, 11) is 1.40. The summed E-state index contributed by atoms with van der Waals surface area (Å²) < 4.78 is 29.9. The van der Waals surface area contributed by atoms with Crippen LogP contribution >= 0.6 is 0 Å². The summed E-state index contributed by atoms with van der Waals surface area (Å²) in [5, 5.41) is 0.207. The Kier molecular flexibility index (Phi) is 10.8. The van der Waals surface area contributed by atoms with Gasteiger partial charge in [-0.2, -0.15) is 4.73 Å². The highest BCUT2D eigenvalue weighted by molar-refractivity contribution is 6.45. The quantitative estimate of drug-likeness (QED) is 0.189. The van der Waals surface area contributed by atoms with Crippen LogP contribution in [-0.4, -0.2) is 109 Å². The predicted octanol–water partition coefficient (Wildman–Crippen LogP) is 3.95. The second kappa shape index (κ2) is 15.2. The Morgan fingerprint density at radius 2 is 1.46 bits per heavy atom. The van der Waals surface area contributed by atoms with Crippen LogP contribution in [0.3, 0.4) is 0 Å². The largest absolute Gasteiger partial charge is 0.533 e. The first-order chi connectivity index (χ1) is 23.1. The van der Waals surface area contributed by atoms with Gasteiger partial charge in [-0.15, -0.1) is 0 Å². The monoisotopic (exact) mass is 666 g/mol. The number of piperazine rings is 1. The standard InChI is InChI=1S/C34H39FN4O9/c1-4-46-33(43)38-16-14-37(15-17-38)32(42)30(40)27-21-39(48-34(44)47-5-2)28-20-29(45-3)26(19-25(27)28)31(41)36-12-10-23(11-13-36)18-22-6-8-24(35)9-7-22/h6-9,19-21,23H,4-5,10-18H2,1-3H3. The maximum Gasteiger partial charge on any atom is 0.533 e. The van der Waals surface area contributed by atoms with E-state index in [-0.39, 0.29) is 78.9 Å². The lowest BCUT2D eigenvalue weighted by molar-refractivity contribution is -0.128. The number of rotatable bonds is 9. The molecule has 0 radical (unpaired) electrons. The summed E-state index contributed by atoms with van der Waals surface area (Å²) in [4.78, 5) is 75.2. The zero-order valence-electron chi connectivity index (χ0n) is 27.2. The molecule has 5 rings (SSSR count). The van der Waals surface area contributed by atoms with E-state index in [9.17, 15) is 28.4 Å². The third-order valence-corrected chi connectivity index (χ3v) is 8.63. The van der Waals surface area contributed by atoms with Gasteiger partial charge < -0.3 is 33.7 Å². The topological polar surface area (TPSA) is 137 Å². The van der Waals surface area contributed by atoms with Crippen LogP contribution in [0, 0.1) is 11.7 Å². The fourth-order valence-corrected chi connectivity index (χ4v) is 6.07. The number of amides is 3. The number of nitrogens with zero attached hydrogens (tertiary/aromatic N) is 4. The number of fused-ring (bicyclic) bond motifs is 1. The number of benzene rings is 2. The van der Waals surface area contributed by atoms with Crippen LogP contribution < -0.4 is 9.57 Å². The lowest BCUT2D eigenvalue weighted by Gasteiger charge is -2.33. The van der Waals surface area contributed by atoms with Gasteiger partial charge in [0.25, 0.3) is 17.6 Å². The van der Waals surface area contributed by atoms with E-state index in [2.05, 4.69) is 0 Å². The molecule has 0 bridgehead atoms. The zero-order chi connectivity index (χ0) is 34.4. The van der Waals surface area contributed by atoms with Gasteiger partial charge in [-0.1, -0.05) is 12.1 Å². The number of likely N-dealkylation sites (tertiary alicyclic amines) is 1. The van der Waals surface area contributed by atoms with E-state index < -0.39 is 23.9 Å².